The molecule has 1 aromatic carbocycles. The number of nitrogens with one attached hydrogen (secondary N) is 2. The third kappa shape index (κ3) is 3.59. The number of H-pyrrole nitrogens is 1. The minimum absolute atomic E-state index is 0.0569. The van der Waals surface area contributed by atoms with Crippen LogP contribution in [0.15, 0.2) is 24.3 Å². The van der Waals surface area contributed by atoms with Crippen LogP contribution in [0.4, 0.5) is 18.9 Å². The zero-order chi connectivity index (χ0) is 15.6. The van der Waals surface area contributed by atoms with Crippen LogP contribution in [-0.4, -0.2) is 21.1 Å². The van der Waals surface area contributed by atoms with E-state index in [1.54, 1.807) is 0 Å². The number of anilines is 1. The summed E-state index contributed by atoms with van der Waals surface area (Å²) in [6.45, 7) is 3.77. The van der Waals surface area contributed by atoms with Crippen molar-refractivity contribution in [2.24, 2.45) is 0 Å². The van der Waals surface area contributed by atoms with E-state index in [2.05, 4.69) is 20.5 Å². The summed E-state index contributed by atoms with van der Waals surface area (Å²) in [4.78, 5) is 15.9. The van der Waals surface area contributed by atoms with Gasteiger partial charge in [-0.25, -0.2) is 4.98 Å². The van der Waals surface area contributed by atoms with Crippen LogP contribution in [0.3, 0.4) is 0 Å². The second kappa shape index (κ2) is 5.55. The lowest BCUT2D eigenvalue weighted by Gasteiger charge is -2.07. The standard InChI is InChI=1S/C13H13F3N4O/c1-7(2)10-18-11(20-19-10)12(21)17-9-5-3-8(4-6-9)13(14,15)16/h3-7H,1-2H3,(H,17,21)(H,18,19,20). The number of aromatic nitrogens is 3. The zero-order valence-corrected chi connectivity index (χ0v) is 11.3. The molecule has 0 saturated heterocycles. The highest BCUT2D eigenvalue weighted by Gasteiger charge is 2.30. The Morgan fingerprint density at radius 1 is 1.24 bits per heavy atom. The molecule has 8 heteroatoms. The summed E-state index contributed by atoms with van der Waals surface area (Å²) in [6.07, 6.45) is -4.40. The van der Waals surface area contributed by atoms with Crippen LogP contribution in [0.5, 0.6) is 0 Å². The molecule has 0 unspecified atom stereocenters. The van der Waals surface area contributed by atoms with Crippen molar-refractivity contribution in [1.82, 2.24) is 15.2 Å². The number of nitrogens with zero attached hydrogens (tertiary/aromatic N) is 2. The van der Waals surface area contributed by atoms with Gasteiger partial charge in [0.05, 0.1) is 5.56 Å². The minimum atomic E-state index is -4.40. The van der Waals surface area contributed by atoms with Gasteiger partial charge in [-0.15, -0.1) is 5.10 Å². The molecular weight excluding hydrogens is 285 g/mol. The number of rotatable bonds is 3. The van der Waals surface area contributed by atoms with Gasteiger partial charge in [-0.2, -0.15) is 13.2 Å². The van der Waals surface area contributed by atoms with Gasteiger partial charge in [0.2, 0.25) is 5.82 Å². The van der Waals surface area contributed by atoms with E-state index < -0.39 is 17.6 Å². The molecule has 0 bridgehead atoms. The molecule has 0 aliphatic rings. The summed E-state index contributed by atoms with van der Waals surface area (Å²) in [6, 6.07) is 4.15. The fraction of sp³-hybridized carbons (Fsp3) is 0.308. The quantitative estimate of drug-likeness (QED) is 0.914. The minimum Gasteiger partial charge on any atom is -0.319 e. The van der Waals surface area contributed by atoms with Gasteiger partial charge in [0.1, 0.15) is 5.82 Å². The number of hydrogen-bond acceptors (Lipinski definition) is 3. The lowest BCUT2D eigenvalue weighted by molar-refractivity contribution is -0.137. The van der Waals surface area contributed by atoms with Gasteiger partial charge >= 0.3 is 6.18 Å². The Bertz CT molecular complexity index is 632. The number of benzene rings is 1. The van der Waals surface area contributed by atoms with Gasteiger partial charge in [0, 0.05) is 11.6 Å². The molecule has 0 spiro atoms. The van der Waals surface area contributed by atoms with Crippen molar-refractivity contribution in [3.05, 3.63) is 41.5 Å². The third-order valence-electron chi connectivity index (χ3n) is 2.72. The molecule has 1 heterocycles. The highest BCUT2D eigenvalue weighted by molar-refractivity contribution is 6.01. The van der Waals surface area contributed by atoms with Crippen molar-refractivity contribution in [1.29, 1.82) is 0 Å². The van der Waals surface area contributed by atoms with Gasteiger partial charge < -0.3 is 5.32 Å². The van der Waals surface area contributed by atoms with E-state index in [0.717, 1.165) is 12.1 Å². The highest BCUT2D eigenvalue weighted by atomic mass is 19.4. The summed E-state index contributed by atoms with van der Waals surface area (Å²) in [5, 5.41) is 8.83. The summed E-state index contributed by atoms with van der Waals surface area (Å²) < 4.78 is 37.2. The van der Waals surface area contributed by atoms with Gasteiger partial charge in [-0.1, -0.05) is 13.8 Å². The van der Waals surface area contributed by atoms with Crippen LogP contribution < -0.4 is 5.32 Å². The maximum atomic E-state index is 12.4. The average molecular weight is 298 g/mol. The molecule has 0 aliphatic heterocycles. The summed E-state index contributed by atoms with van der Waals surface area (Å²) in [5.74, 6) is 0.00851. The van der Waals surface area contributed by atoms with Crippen molar-refractivity contribution in [3.63, 3.8) is 0 Å². The maximum Gasteiger partial charge on any atom is 0.416 e. The maximum absolute atomic E-state index is 12.4. The Morgan fingerprint density at radius 2 is 1.86 bits per heavy atom. The number of alkyl halides is 3. The zero-order valence-electron chi connectivity index (χ0n) is 11.3. The Balaban J connectivity index is 2.08. The summed E-state index contributed by atoms with van der Waals surface area (Å²) in [7, 11) is 0. The first kappa shape index (κ1) is 15.0. The lowest BCUT2D eigenvalue weighted by atomic mass is 10.2. The molecule has 0 atom stereocenters. The summed E-state index contributed by atoms with van der Waals surface area (Å²) in [5.41, 5.74) is -0.538. The second-order valence-corrected chi connectivity index (χ2v) is 4.73. The lowest BCUT2D eigenvalue weighted by Crippen LogP contribution is -2.14. The topological polar surface area (TPSA) is 70.7 Å². The molecule has 0 fully saturated rings. The summed E-state index contributed by atoms with van der Waals surface area (Å²) >= 11 is 0. The molecule has 1 aromatic heterocycles. The molecule has 0 saturated carbocycles. The molecule has 2 rings (SSSR count). The second-order valence-electron chi connectivity index (χ2n) is 4.73. The van der Waals surface area contributed by atoms with E-state index in [-0.39, 0.29) is 17.4 Å². The van der Waals surface area contributed by atoms with Crippen LogP contribution in [0.2, 0.25) is 0 Å². The van der Waals surface area contributed by atoms with E-state index in [9.17, 15) is 18.0 Å². The van der Waals surface area contributed by atoms with E-state index in [1.165, 1.54) is 12.1 Å². The fourth-order valence-corrected chi connectivity index (χ4v) is 1.56. The van der Waals surface area contributed by atoms with Gasteiger partial charge in [-0.3, -0.25) is 9.89 Å². The van der Waals surface area contributed by atoms with Gasteiger partial charge in [0.25, 0.3) is 5.91 Å². The van der Waals surface area contributed by atoms with Crippen LogP contribution in [0.25, 0.3) is 0 Å². The predicted octanol–water partition coefficient (Wildman–Crippen LogP) is 3.20. The van der Waals surface area contributed by atoms with E-state index in [1.807, 2.05) is 13.8 Å². The third-order valence-corrected chi connectivity index (χ3v) is 2.72. The smallest absolute Gasteiger partial charge is 0.319 e. The Labute approximate surface area is 118 Å². The predicted molar refractivity (Wildman–Crippen MR) is 69.9 cm³/mol. The molecule has 5 nitrogen and oxygen atoms in total. The first-order chi connectivity index (χ1) is 9.77. The Hall–Kier alpha value is -2.38. The fourth-order valence-electron chi connectivity index (χ4n) is 1.56. The molecule has 2 aromatic rings. The highest BCUT2D eigenvalue weighted by Crippen LogP contribution is 2.29. The average Bonchev–Trinajstić information content (AvgIpc) is 2.88. The van der Waals surface area contributed by atoms with E-state index >= 15 is 0 Å². The van der Waals surface area contributed by atoms with Gasteiger partial charge in [-0.05, 0) is 24.3 Å². The van der Waals surface area contributed by atoms with E-state index in [0.29, 0.717) is 5.82 Å². The number of carbonyl (C=O) groups is 1. The van der Waals surface area contributed by atoms with Crippen LogP contribution >= 0.6 is 0 Å². The monoisotopic (exact) mass is 298 g/mol. The molecule has 0 radical (unpaired) electrons. The Kier molecular flexibility index (Phi) is 3.97. The first-order valence-electron chi connectivity index (χ1n) is 6.18. The number of amides is 1. The normalized spacial score (nSPS) is 11.7. The van der Waals surface area contributed by atoms with Crippen LogP contribution in [0.1, 0.15) is 41.8 Å². The van der Waals surface area contributed by atoms with Crippen molar-refractivity contribution in [2.45, 2.75) is 25.9 Å². The molecule has 1 amide bonds. The molecule has 0 aliphatic carbocycles. The number of carbonyl (C=O) groups excluding carboxylic acids is 1. The molecule has 112 valence electrons. The largest absolute Gasteiger partial charge is 0.416 e. The van der Waals surface area contributed by atoms with Crippen molar-refractivity contribution < 1.29 is 18.0 Å². The van der Waals surface area contributed by atoms with Crippen LogP contribution in [0, 0.1) is 0 Å². The number of aromatic amines is 1. The first-order valence-corrected chi connectivity index (χ1v) is 6.18. The SMILES string of the molecule is CC(C)c1nc(C(=O)Nc2ccc(C(F)(F)F)cc2)n[nH]1. The van der Waals surface area contributed by atoms with E-state index in [4.69, 9.17) is 0 Å². The number of halogens is 3. The van der Waals surface area contributed by atoms with Crippen molar-refractivity contribution in [3.8, 4) is 0 Å². The van der Waals surface area contributed by atoms with Gasteiger partial charge in [0.15, 0.2) is 0 Å². The van der Waals surface area contributed by atoms with Crippen molar-refractivity contribution >= 4 is 11.6 Å². The Morgan fingerprint density at radius 3 is 2.33 bits per heavy atom. The number of hydrogen-bond donors (Lipinski definition) is 2. The van der Waals surface area contributed by atoms with Crippen molar-refractivity contribution in [2.75, 3.05) is 5.32 Å². The van der Waals surface area contributed by atoms with Crippen LogP contribution in [-0.2, 0) is 6.18 Å². The molecule has 21 heavy (non-hydrogen) atoms. The molecule has 2 N–H and O–H groups in total. The molecular formula is C13H13F3N4O.